The van der Waals surface area contributed by atoms with Gasteiger partial charge in [-0.1, -0.05) is 24.3 Å². The number of anilines is 1. The third-order valence-electron chi connectivity index (χ3n) is 7.57. The van der Waals surface area contributed by atoms with Crippen molar-refractivity contribution in [2.45, 2.75) is 45.4 Å². The van der Waals surface area contributed by atoms with E-state index in [0.29, 0.717) is 35.9 Å². The lowest BCUT2D eigenvalue weighted by Crippen LogP contribution is -2.32. The summed E-state index contributed by atoms with van der Waals surface area (Å²) >= 11 is 0. The van der Waals surface area contributed by atoms with Gasteiger partial charge < -0.3 is 24.4 Å². The summed E-state index contributed by atoms with van der Waals surface area (Å²) in [6.45, 7) is 4.10. The summed E-state index contributed by atoms with van der Waals surface area (Å²) in [7, 11) is 5.25. The molecule has 238 valence electrons. The van der Waals surface area contributed by atoms with E-state index in [1.807, 2.05) is 49.3 Å². The molecule has 12 heteroatoms. The van der Waals surface area contributed by atoms with Gasteiger partial charge in [0.05, 0.1) is 48.0 Å². The molecule has 2 aromatic carbocycles. The van der Waals surface area contributed by atoms with Crippen molar-refractivity contribution in [3.63, 3.8) is 0 Å². The fourth-order valence-electron chi connectivity index (χ4n) is 5.24. The maximum atomic E-state index is 13.4. The summed E-state index contributed by atoms with van der Waals surface area (Å²) in [5, 5.41) is 21.8. The number of hydrogen-bond acceptors (Lipinski definition) is 10. The Labute approximate surface area is 262 Å². The smallest absolute Gasteiger partial charge is 0.336 e. The molecular weight excluding hydrogens is 578 g/mol. The molecule has 1 aromatic heterocycles. The van der Waals surface area contributed by atoms with Gasteiger partial charge in [0.25, 0.3) is 5.69 Å². The van der Waals surface area contributed by atoms with Crippen LogP contribution in [0.5, 0.6) is 5.88 Å². The minimum Gasteiger partial charge on any atom is -0.477 e. The maximum Gasteiger partial charge on any atom is 0.336 e. The number of nitro groups is 1. The number of dihydropyridines is 1. The van der Waals surface area contributed by atoms with E-state index in [4.69, 9.17) is 14.2 Å². The highest BCUT2D eigenvalue weighted by Gasteiger charge is 2.38. The SMILES string of the molecule is COC(=O)C1=C(C)NC(C)=C(C(=O)OCCCCCCOc2cc(-c3ccc(N(C)C)cc3)[nH]n2)C1c1cccc([N+](=O)[O-])c1. The number of hydrogen-bond donors (Lipinski definition) is 2. The lowest BCUT2D eigenvalue weighted by Gasteiger charge is -2.30. The molecule has 1 aliphatic heterocycles. The molecule has 12 nitrogen and oxygen atoms in total. The molecule has 0 saturated carbocycles. The van der Waals surface area contributed by atoms with Crippen LogP contribution >= 0.6 is 0 Å². The molecule has 0 amide bonds. The molecule has 0 radical (unpaired) electrons. The minimum absolute atomic E-state index is 0.148. The summed E-state index contributed by atoms with van der Waals surface area (Å²) in [6.07, 6.45) is 3.14. The molecule has 3 aromatic rings. The zero-order valence-electron chi connectivity index (χ0n) is 26.2. The van der Waals surface area contributed by atoms with Crippen molar-refractivity contribution in [1.82, 2.24) is 15.5 Å². The molecule has 0 saturated heterocycles. The summed E-state index contributed by atoms with van der Waals surface area (Å²) in [5.41, 5.74) is 4.71. The van der Waals surface area contributed by atoms with Gasteiger partial charge in [-0.05, 0) is 62.8 Å². The first-order chi connectivity index (χ1) is 21.6. The molecule has 2 heterocycles. The number of nitro benzene ring substituents is 1. The number of H-pyrrole nitrogens is 1. The Hall–Kier alpha value is -5.13. The van der Waals surface area contributed by atoms with Gasteiger partial charge in [-0.25, -0.2) is 9.59 Å². The van der Waals surface area contributed by atoms with E-state index >= 15 is 0 Å². The van der Waals surface area contributed by atoms with Crippen molar-refractivity contribution in [3.8, 4) is 17.1 Å². The topological polar surface area (TPSA) is 149 Å². The molecular formula is C33H39N5O7. The number of nitrogens with zero attached hydrogens (tertiary/aromatic N) is 3. The Morgan fingerprint density at radius 2 is 1.60 bits per heavy atom. The van der Waals surface area contributed by atoms with Crippen LogP contribution in [0.15, 0.2) is 77.1 Å². The highest BCUT2D eigenvalue weighted by Crippen LogP contribution is 2.40. The van der Waals surface area contributed by atoms with Crippen LogP contribution in [0.3, 0.4) is 0 Å². The molecule has 1 unspecified atom stereocenters. The molecule has 0 aliphatic carbocycles. The number of unbranched alkanes of at least 4 members (excludes halogenated alkanes) is 3. The first kappa shape index (κ1) is 32.8. The van der Waals surface area contributed by atoms with Crippen LogP contribution in [-0.4, -0.2) is 61.5 Å². The Balaban J connectivity index is 1.27. The molecule has 0 fully saturated rings. The van der Waals surface area contributed by atoms with Crippen molar-refractivity contribution < 1.29 is 28.7 Å². The standard InChI is InChI=1S/C33H39N5O7/c1-21-29(32(39)43-5)31(24-11-10-12-26(19-24)38(41)42)30(22(2)34-21)33(40)45-18-9-7-6-8-17-44-28-20-27(35-36-28)23-13-15-25(16-14-23)37(3)4/h10-16,19-20,31,34H,6-9,17-18H2,1-5H3,(H,35,36). The molecule has 45 heavy (non-hydrogen) atoms. The average molecular weight is 618 g/mol. The van der Waals surface area contributed by atoms with Crippen molar-refractivity contribution >= 4 is 23.3 Å². The highest BCUT2D eigenvalue weighted by atomic mass is 16.6. The fraction of sp³-hybridized carbons (Fsp3) is 0.364. The van der Waals surface area contributed by atoms with Gasteiger partial charge in [0.1, 0.15) is 0 Å². The monoisotopic (exact) mass is 617 g/mol. The van der Waals surface area contributed by atoms with Crippen LogP contribution in [0, 0.1) is 10.1 Å². The molecule has 2 N–H and O–H groups in total. The second-order valence-corrected chi connectivity index (χ2v) is 10.9. The molecule has 4 rings (SSSR count). The number of methoxy groups -OCH3 is 1. The number of ether oxygens (including phenoxy) is 3. The number of allylic oxidation sites excluding steroid dienone is 2. The van der Waals surface area contributed by atoms with Crippen LogP contribution < -0.4 is 15.0 Å². The molecule has 1 aliphatic rings. The molecule has 0 bridgehead atoms. The van der Waals surface area contributed by atoms with E-state index in [1.54, 1.807) is 19.9 Å². The first-order valence-corrected chi connectivity index (χ1v) is 14.7. The predicted octanol–water partition coefficient (Wildman–Crippen LogP) is 5.64. The summed E-state index contributed by atoms with van der Waals surface area (Å²) in [4.78, 5) is 39.1. The quantitative estimate of drug-likeness (QED) is 0.101. The third-order valence-corrected chi connectivity index (χ3v) is 7.57. The number of aromatic nitrogens is 2. The van der Waals surface area contributed by atoms with Gasteiger partial charge in [0.15, 0.2) is 0 Å². The highest BCUT2D eigenvalue weighted by molar-refractivity contribution is 5.99. The Morgan fingerprint density at radius 3 is 2.24 bits per heavy atom. The zero-order valence-corrected chi connectivity index (χ0v) is 26.2. The predicted molar refractivity (Wildman–Crippen MR) is 170 cm³/mol. The Kier molecular flexibility index (Phi) is 11.0. The molecule has 1 atom stereocenters. The first-order valence-electron chi connectivity index (χ1n) is 14.7. The van der Waals surface area contributed by atoms with E-state index in [-0.39, 0.29) is 23.4 Å². The van der Waals surface area contributed by atoms with Crippen LogP contribution in [0.1, 0.15) is 51.0 Å². The number of nitrogens with one attached hydrogen (secondary N) is 2. The van der Waals surface area contributed by atoms with Crippen LogP contribution in [0.4, 0.5) is 11.4 Å². The van der Waals surface area contributed by atoms with Crippen molar-refractivity contribution in [2.24, 2.45) is 0 Å². The number of rotatable bonds is 14. The zero-order chi connectivity index (χ0) is 32.5. The van der Waals surface area contributed by atoms with Gasteiger partial charge in [-0.2, -0.15) is 0 Å². The second kappa shape index (κ2) is 15.0. The number of benzene rings is 2. The summed E-state index contributed by atoms with van der Waals surface area (Å²) in [6, 6.07) is 15.9. The van der Waals surface area contributed by atoms with Crippen molar-refractivity contribution in [1.29, 1.82) is 0 Å². The van der Waals surface area contributed by atoms with Crippen molar-refractivity contribution in [3.05, 3.63) is 92.8 Å². The number of non-ortho nitro benzene ring substituents is 1. The normalized spacial score (nSPS) is 14.6. The van der Waals surface area contributed by atoms with Gasteiger partial charge >= 0.3 is 11.9 Å². The Morgan fingerprint density at radius 1 is 0.933 bits per heavy atom. The third kappa shape index (κ3) is 8.08. The summed E-state index contributed by atoms with van der Waals surface area (Å²) < 4.78 is 16.4. The van der Waals surface area contributed by atoms with Crippen LogP contribution in [-0.2, 0) is 19.1 Å². The lowest BCUT2D eigenvalue weighted by molar-refractivity contribution is -0.384. The van der Waals surface area contributed by atoms with E-state index in [0.717, 1.165) is 36.2 Å². The van der Waals surface area contributed by atoms with Crippen LogP contribution in [0.25, 0.3) is 11.3 Å². The largest absolute Gasteiger partial charge is 0.477 e. The van der Waals surface area contributed by atoms with E-state index in [2.05, 4.69) is 15.5 Å². The minimum atomic E-state index is -0.886. The van der Waals surface area contributed by atoms with E-state index in [9.17, 15) is 19.7 Å². The maximum absolute atomic E-state index is 13.4. The van der Waals surface area contributed by atoms with Gasteiger partial charge in [0.2, 0.25) is 5.88 Å². The summed E-state index contributed by atoms with van der Waals surface area (Å²) in [5.74, 6) is -1.59. The van der Waals surface area contributed by atoms with Crippen LogP contribution in [0.2, 0.25) is 0 Å². The van der Waals surface area contributed by atoms with E-state index < -0.39 is 22.8 Å². The fourth-order valence-corrected chi connectivity index (χ4v) is 5.24. The number of esters is 2. The number of aromatic amines is 1. The second-order valence-electron chi connectivity index (χ2n) is 10.9. The lowest BCUT2D eigenvalue weighted by atomic mass is 9.80. The van der Waals surface area contributed by atoms with E-state index in [1.165, 1.54) is 25.3 Å². The van der Waals surface area contributed by atoms with Gasteiger partial charge in [-0.15, -0.1) is 5.10 Å². The van der Waals surface area contributed by atoms with Crippen molar-refractivity contribution in [2.75, 3.05) is 39.3 Å². The number of carbonyl (C=O) groups is 2. The molecule has 0 spiro atoms. The van der Waals surface area contributed by atoms with Gasteiger partial charge in [0, 0.05) is 49.4 Å². The average Bonchev–Trinajstić information content (AvgIpc) is 3.50. The van der Waals surface area contributed by atoms with Gasteiger partial charge in [-0.3, -0.25) is 15.2 Å². The Bertz CT molecular complexity index is 1590. The number of carbonyl (C=O) groups excluding carboxylic acids is 2.